The monoisotopic (exact) mass is 246 g/mol. The molecule has 6 heteroatoms. The van der Waals surface area contributed by atoms with Gasteiger partial charge in [0.1, 0.15) is 11.1 Å². The molecule has 0 rings (SSSR count). The number of nitrogens with one attached hydrogen (secondary N) is 2. The van der Waals surface area contributed by atoms with E-state index in [0.717, 1.165) is 0 Å². The Hall–Kier alpha value is -1.14. The molecule has 0 fully saturated rings. The van der Waals surface area contributed by atoms with E-state index in [1.807, 2.05) is 0 Å². The molecule has 0 bridgehead atoms. The van der Waals surface area contributed by atoms with Gasteiger partial charge in [-0.05, 0) is 34.6 Å². The fourth-order valence-corrected chi connectivity index (χ4v) is 1.21. The van der Waals surface area contributed by atoms with Gasteiger partial charge in [0.2, 0.25) is 0 Å². The molecule has 0 unspecified atom stereocenters. The molecule has 0 aromatic heterocycles. The third-order valence-electron chi connectivity index (χ3n) is 2.53. The van der Waals surface area contributed by atoms with Crippen LogP contribution in [0.3, 0.4) is 0 Å². The summed E-state index contributed by atoms with van der Waals surface area (Å²) < 4.78 is 0. The zero-order valence-corrected chi connectivity index (χ0v) is 11.0. The molecule has 0 saturated carbocycles. The lowest BCUT2D eigenvalue weighted by Gasteiger charge is -2.29. The van der Waals surface area contributed by atoms with Crippen molar-refractivity contribution >= 4 is 11.9 Å². The predicted octanol–water partition coefficient (Wildman–Crippen LogP) is 0.281. The Morgan fingerprint density at radius 3 is 1.82 bits per heavy atom. The minimum absolute atomic E-state index is 0.153. The first kappa shape index (κ1) is 15.9. The van der Waals surface area contributed by atoms with E-state index in [1.54, 1.807) is 34.6 Å². The number of rotatable bonds is 7. The number of carbonyl (C=O) groups is 2. The largest absolute Gasteiger partial charge is 0.480 e. The minimum Gasteiger partial charge on any atom is -0.480 e. The average Bonchev–Trinajstić information content (AvgIpc) is 2.13. The molecule has 6 nitrogen and oxygen atoms in total. The first-order valence-electron chi connectivity index (χ1n) is 5.48. The zero-order valence-electron chi connectivity index (χ0n) is 11.0. The van der Waals surface area contributed by atoms with E-state index in [0.29, 0.717) is 6.54 Å². The Kier molecular flexibility index (Phi) is 5.10. The van der Waals surface area contributed by atoms with E-state index in [4.69, 9.17) is 10.2 Å². The highest BCUT2D eigenvalue weighted by Crippen LogP contribution is 2.05. The van der Waals surface area contributed by atoms with Crippen LogP contribution < -0.4 is 10.6 Å². The summed E-state index contributed by atoms with van der Waals surface area (Å²) in [7, 11) is 0. The molecule has 0 aromatic rings. The third-order valence-corrected chi connectivity index (χ3v) is 2.53. The average molecular weight is 246 g/mol. The number of carboxylic acid groups (broad SMARTS) is 2. The zero-order chi connectivity index (χ0) is 13.9. The second-order valence-electron chi connectivity index (χ2n) is 5.29. The lowest BCUT2D eigenvalue weighted by Crippen LogP contribution is -2.56. The van der Waals surface area contributed by atoms with Crippen LogP contribution in [0, 0.1) is 0 Å². The summed E-state index contributed by atoms with van der Waals surface area (Å²) in [5.74, 6) is -1.89. The topological polar surface area (TPSA) is 98.7 Å². The van der Waals surface area contributed by atoms with Gasteiger partial charge in [0.25, 0.3) is 0 Å². The number of hydrogen-bond acceptors (Lipinski definition) is 4. The second-order valence-corrected chi connectivity index (χ2v) is 5.29. The highest BCUT2D eigenvalue weighted by atomic mass is 16.4. The van der Waals surface area contributed by atoms with Crippen molar-refractivity contribution < 1.29 is 19.8 Å². The second kappa shape index (κ2) is 5.46. The Morgan fingerprint density at radius 2 is 1.47 bits per heavy atom. The van der Waals surface area contributed by atoms with Crippen molar-refractivity contribution in [1.29, 1.82) is 0 Å². The van der Waals surface area contributed by atoms with E-state index in [-0.39, 0.29) is 6.04 Å². The van der Waals surface area contributed by atoms with Crippen molar-refractivity contribution in [2.24, 2.45) is 0 Å². The van der Waals surface area contributed by atoms with Crippen LogP contribution in [0.4, 0.5) is 0 Å². The first-order chi connectivity index (χ1) is 7.49. The molecule has 100 valence electrons. The Balaban J connectivity index is 4.26. The van der Waals surface area contributed by atoms with Crippen LogP contribution in [-0.2, 0) is 9.59 Å². The standard InChI is InChI=1S/C11H22N2O4/c1-7(13-11(4,5)9(16)17)6-12-10(2,3)8(14)15/h7,12-13H,6H2,1-5H3,(H,14,15)(H,16,17)/t7-/m1/s1. The SMILES string of the molecule is C[C@H](CNC(C)(C)C(=O)O)NC(C)(C)C(=O)O. The molecule has 0 aliphatic heterocycles. The maximum Gasteiger partial charge on any atom is 0.323 e. The lowest BCUT2D eigenvalue weighted by molar-refractivity contribution is -0.145. The van der Waals surface area contributed by atoms with Crippen LogP contribution in [0.25, 0.3) is 0 Å². The highest BCUT2D eigenvalue weighted by Gasteiger charge is 2.30. The molecule has 4 N–H and O–H groups in total. The maximum atomic E-state index is 10.9. The van der Waals surface area contributed by atoms with Gasteiger partial charge >= 0.3 is 11.9 Å². The lowest BCUT2D eigenvalue weighted by atomic mass is 10.0. The summed E-state index contributed by atoms with van der Waals surface area (Å²) >= 11 is 0. The highest BCUT2D eigenvalue weighted by molar-refractivity contribution is 5.78. The molecule has 0 amide bonds. The van der Waals surface area contributed by atoms with E-state index >= 15 is 0 Å². The summed E-state index contributed by atoms with van der Waals surface area (Å²) in [6.07, 6.45) is 0. The smallest absolute Gasteiger partial charge is 0.323 e. The fraction of sp³-hybridized carbons (Fsp3) is 0.818. The van der Waals surface area contributed by atoms with Crippen molar-refractivity contribution in [3.05, 3.63) is 0 Å². The molecule has 1 atom stereocenters. The molecule has 0 saturated heterocycles. The van der Waals surface area contributed by atoms with E-state index in [9.17, 15) is 9.59 Å². The molecular formula is C11H22N2O4. The fourth-order valence-electron chi connectivity index (χ4n) is 1.21. The molecular weight excluding hydrogens is 224 g/mol. The van der Waals surface area contributed by atoms with E-state index in [2.05, 4.69) is 10.6 Å². The van der Waals surface area contributed by atoms with Crippen LogP contribution in [0.5, 0.6) is 0 Å². The molecule has 0 aliphatic carbocycles. The summed E-state index contributed by atoms with van der Waals surface area (Å²) in [5.41, 5.74) is -2.06. The van der Waals surface area contributed by atoms with Gasteiger partial charge in [-0.1, -0.05) is 0 Å². The van der Waals surface area contributed by atoms with Gasteiger partial charge in [-0.15, -0.1) is 0 Å². The Bertz CT molecular complexity index is 300. The number of carboxylic acids is 2. The van der Waals surface area contributed by atoms with Crippen molar-refractivity contribution in [1.82, 2.24) is 10.6 Å². The van der Waals surface area contributed by atoms with Gasteiger partial charge in [-0.3, -0.25) is 14.9 Å². The van der Waals surface area contributed by atoms with Crippen LogP contribution in [0.1, 0.15) is 34.6 Å². The first-order valence-corrected chi connectivity index (χ1v) is 5.48. The van der Waals surface area contributed by atoms with Gasteiger partial charge in [0.15, 0.2) is 0 Å². The van der Waals surface area contributed by atoms with Crippen molar-refractivity contribution in [3.8, 4) is 0 Å². The van der Waals surface area contributed by atoms with Gasteiger partial charge in [0, 0.05) is 12.6 Å². The van der Waals surface area contributed by atoms with Gasteiger partial charge in [-0.2, -0.15) is 0 Å². The minimum atomic E-state index is -1.03. The molecule has 0 aromatic carbocycles. The summed E-state index contributed by atoms with van der Waals surface area (Å²) in [6.45, 7) is 8.42. The quantitative estimate of drug-likeness (QED) is 0.515. The summed E-state index contributed by atoms with van der Waals surface area (Å²) in [5, 5.41) is 23.6. The van der Waals surface area contributed by atoms with Crippen molar-refractivity contribution in [3.63, 3.8) is 0 Å². The van der Waals surface area contributed by atoms with Crippen LogP contribution in [-0.4, -0.2) is 45.8 Å². The molecule has 0 aliphatic rings. The summed E-state index contributed by atoms with van der Waals surface area (Å²) in [6, 6.07) is -0.153. The van der Waals surface area contributed by atoms with Crippen molar-refractivity contribution in [2.75, 3.05) is 6.54 Å². The summed E-state index contributed by atoms with van der Waals surface area (Å²) in [4.78, 5) is 21.7. The van der Waals surface area contributed by atoms with Crippen LogP contribution in [0.2, 0.25) is 0 Å². The maximum absolute atomic E-state index is 10.9. The van der Waals surface area contributed by atoms with Crippen LogP contribution >= 0.6 is 0 Å². The molecule has 17 heavy (non-hydrogen) atoms. The Morgan fingerprint density at radius 1 is 1.06 bits per heavy atom. The molecule has 0 spiro atoms. The normalized spacial score (nSPS) is 14.4. The molecule has 0 heterocycles. The van der Waals surface area contributed by atoms with E-state index in [1.165, 1.54) is 0 Å². The number of hydrogen-bond donors (Lipinski definition) is 4. The van der Waals surface area contributed by atoms with Gasteiger partial charge < -0.3 is 15.5 Å². The van der Waals surface area contributed by atoms with Crippen molar-refractivity contribution in [2.45, 2.75) is 51.7 Å². The van der Waals surface area contributed by atoms with Gasteiger partial charge in [-0.25, -0.2) is 0 Å². The molecule has 0 radical (unpaired) electrons. The van der Waals surface area contributed by atoms with Crippen LogP contribution in [0.15, 0.2) is 0 Å². The Labute approximate surface area is 101 Å². The third kappa shape index (κ3) is 5.14. The van der Waals surface area contributed by atoms with Gasteiger partial charge in [0.05, 0.1) is 0 Å². The number of aliphatic carboxylic acids is 2. The predicted molar refractivity (Wildman–Crippen MR) is 64.0 cm³/mol. The van der Waals surface area contributed by atoms with E-state index < -0.39 is 23.0 Å².